The molecule has 3 saturated carbocycles. The van der Waals surface area contributed by atoms with Crippen molar-refractivity contribution in [3.63, 3.8) is 0 Å². The molecule has 0 heterocycles. The van der Waals surface area contributed by atoms with Gasteiger partial charge in [-0.05, 0) is 68.9 Å². The van der Waals surface area contributed by atoms with Crippen molar-refractivity contribution in [1.29, 1.82) is 0 Å². The summed E-state index contributed by atoms with van der Waals surface area (Å²) in [6.07, 6.45) is 4.47. The molecule has 4 aliphatic rings. The Labute approximate surface area is 191 Å². The van der Waals surface area contributed by atoms with Gasteiger partial charge in [-0.1, -0.05) is 25.5 Å². The largest absolute Gasteiger partial charge is 0.449 e. The number of carbonyl (C=O) groups is 3. The lowest BCUT2D eigenvalue weighted by atomic mass is 9.45. The standard InChI is InChI=1S/C24H30F2O5S/c1-4-19(29)31-23(20(30)32-13-25)10-8-16-17-6-5-14-11-15(27)7-9-21(14,2)24(17,26)18(28)12-22(16,23)3/h7,9,11,16-18,28H,4-6,8,10,12-13H2,1-3H3/t16-,17-,18-,21-,22-,23-,24-/m0/s1. The van der Waals surface area contributed by atoms with Crippen LogP contribution in [-0.4, -0.2) is 45.4 Å². The summed E-state index contributed by atoms with van der Waals surface area (Å²) in [4.78, 5) is 37.4. The molecule has 3 fully saturated rings. The minimum absolute atomic E-state index is 0.0557. The summed E-state index contributed by atoms with van der Waals surface area (Å²) in [6, 6.07) is -0.949. The second-order valence-electron chi connectivity index (χ2n) is 10.00. The average Bonchev–Trinajstić information content (AvgIpc) is 3.02. The first-order chi connectivity index (χ1) is 15.0. The monoisotopic (exact) mass is 468 g/mol. The van der Waals surface area contributed by atoms with Gasteiger partial charge >= 0.3 is 5.97 Å². The number of aliphatic hydroxyl groups excluding tert-OH is 1. The molecular formula is C24H30F2O5S. The summed E-state index contributed by atoms with van der Waals surface area (Å²) in [5.74, 6) is -1.69. The van der Waals surface area contributed by atoms with Gasteiger partial charge in [-0.15, -0.1) is 0 Å². The molecule has 0 spiro atoms. The van der Waals surface area contributed by atoms with Gasteiger partial charge in [0, 0.05) is 23.2 Å². The Kier molecular flexibility index (Phi) is 5.72. The number of hydrogen-bond acceptors (Lipinski definition) is 6. The minimum atomic E-state index is -2.03. The first-order valence-electron chi connectivity index (χ1n) is 11.3. The fourth-order valence-corrected chi connectivity index (χ4v) is 7.88. The number of ether oxygens (including phenoxy) is 1. The molecule has 0 saturated heterocycles. The van der Waals surface area contributed by atoms with Gasteiger partial charge in [0.05, 0.1) is 6.10 Å². The van der Waals surface area contributed by atoms with Crippen LogP contribution in [0.25, 0.3) is 0 Å². The minimum Gasteiger partial charge on any atom is -0.449 e. The Bertz CT molecular complexity index is 918. The van der Waals surface area contributed by atoms with Crippen molar-refractivity contribution in [3.05, 3.63) is 23.8 Å². The third-order valence-electron chi connectivity index (χ3n) is 8.85. The molecule has 32 heavy (non-hydrogen) atoms. The number of alkyl halides is 2. The summed E-state index contributed by atoms with van der Waals surface area (Å²) < 4.78 is 36.0. The molecule has 0 aromatic rings. The Morgan fingerprint density at radius 3 is 2.66 bits per heavy atom. The Hall–Kier alpha value is -1.54. The van der Waals surface area contributed by atoms with Gasteiger partial charge < -0.3 is 9.84 Å². The SMILES string of the molecule is CCC(=O)O[C@]1(C(=O)SCF)CC[C@H]2[C@@H]3CCC4=CC(=O)C=C[C@]4(C)[C@@]3(F)[C@@H](O)C[C@@]21C. The van der Waals surface area contributed by atoms with Gasteiger partial charge in [-0.3, -0.25) is 14.4 Å². The van der Waals surface area contributed by atoms with Gasteiger partial charge in [-0.25, -0.2) is 8.78 Å². The summed E-state index contributed by atoms with van der Waals surface area (Å²) >= 11 is 0.466. The first-order valence-corrected chi connectivity index (χ1v) is 12.2. The van der Waals surface area contributed by atoms with E-state index < -0.39 is 51.2 Å². The summed E-state index contributed by atoms with van der Waals surface area (Å²) in [7, 11) is 0. The van der Waals surface area contributed by atoms with Crippen molar-refractivity contribution >= 4 is 28.6 Å². The average molecular weight is 469 g/mol. The van der Waals surface area contributed by atoms with E-state index in [2.05, 4.69) is 0 Å². The highest BCUT2D eigenvalue weighted by Gasteiger charge is 2.75. The van der Waals surface area contributed by atoms with Gasteiger partial charge in [0.2, 0.25) is 5.12 Å². The number of esters is 1. The fraction of sp³-hybridized carbons (Fsp3) is 0.708. The van der Waals surface area contributed by atoms with Crippen LogP contribution in [0.15, 0.2) is 23.8 Å². The van der Waals surface area contributed by atoms with Crippen LogP contribution in [-0.2, 0) is 19.1 Å². The quantitative estimate of drug-likeness (QED) is 0.622. The Morgan fingerprint density at radius 1 is 1.28 bits per heavy atom. The fourth-order valence-electron chi connectivity index (χ4n) is 7.18. The molecular weight excluding hydrogens is 438 g/mol. The molecule has 176 valence electrons. The van der Waals surface area contributed by atoms with Gasteiger partial charge in [0.1, 0.15) is 6.01 Å². The number of carbonyl (C=O) groups excluding carboxylic acids is 3. The predicted octanol–water partition coefficient (Wildman–Crippen LogP) is 4.24. The molecule has 0 amide bonds. The molecule has 7 atom stereocenters. The van der Waals surface area contributed by atoms with Crippen LogP contribution in [0.3, 0.4) is 0 Å². The van der Waals surface area contributed by atoms with E-state index in [1.807, 2.05) is 0 Å². The number of fused-ring (bicyclic) bond motifs is 5. The Balaban J connectivity index is 1.80. The normalized spacial score (nSPS) is 44.9. The molecule has 0 aromatic heterocycles. The van der Waals surface area contributed by atoms with Crippen LogP contribution in [0.5, 0.6) is 0 Å². The smallest absolute Gasteiger partial charge is 0.306 e. The number of aliphatic hydroxyl groups is 1. The van der Waals surface area contributed by atoms with E-state index in [4.69, 9.17) is 4.74 Å². The molecule has 0 aromatic carbocycles. The number of hydrogen-bond donors (Lipinski definition) is 1. The third-order valence-corrected chi connectivity index (χ3v) is 9.55. The van der Waals surface area contributed by atoms with E-state index in [0.717, 1.165) is 0 Å². The number of thioether (sulfide) groups is 1. The van der Waals surface area contributed by atoms with E-state index >= 15 is 4.39 Å². The number of halogens is 2. The lowest BCUT2D eigenvalue weighted by Crippen LogP contribution is -2.69. The van der Waals surface area contributed by atoms with Gasteiger partial charge in [0.15, 0.2) is 17.1 Å². The van der Waals surface area contributed by atoms with Crippen molar-refractivity contribution in [2.24, 2.45) is 22.7 Å². The lowest BCUT2D eigenvalue weighted by molar-refractivity contribution is -0.222. The summed E-state index contributed by atoms with van der Waals surface area (Å²) in [6.45, 7) is 5.12. The lowest BCUT2D eigenvalue weighted by Gasteiger charge is -2.62. The van der Waals surface area contributed by atoms with Crippen LogP contribution in [0.2, 0.25) is 0 Å². The highest BCUT2D eigenvalue weighted by Crippen LogP contribution is 2.70. The van der Waals surface area contributed by atoms with E-state index in [-0.39, 0.29) is 31.0 Å². The number of allylic oxidation sites excluding steroid dienone is 4. The van der Waals surface area contributed by atoms with Crippen LogP contribution in [0.1, 0.15) is 59.3 Å². The highest BCUT2D eigenvalue weighted by molar-refractivity contribution is 8.13. The number of rotatable bonds is 4. The van der Waals surface area contributed by atoms with Crippen molar-refractivity contribution in [2.75, 3.05) is 6.01 Å². The topological polar surface area (TPSA) is 80.7 Å². The van der Waals surface area contributed by atoms with Crippen LogP contribution in [0, 0.1) is 22.7 Å². The van der Waals surface area contributed by atoms with E-state index in [9.17, 15) is 23.9 Å². The maximum Gasteiger partial charge on any atom is 0.306 e. The van der Waals surface area contributed by atoms with Crippen molar-refractivity contribution in [1.82, 2.24) is 0 Å². The maximum absolute atomic E-state index is 17.1. The second kappa shape index (κ2) is 7.76. The molecule has 8 heteroatoms. The van der Waals surface area contributed by atoms with E-state index in [1.54, 1.807) is 26.8 Å². The van der Waals surface area contributed by atoms with Crippen LogP contribution >= 0.6 is 11.8 Å². The van der Waals surface area contributed by atoms with Gasteiger partial charge in [-0.2, -0.15) is 0 Å². The first kappa shape index (κ1) is 23.6. The molecule has 5 nitrogen and oxygen atoms in total. The molecule has 1 N–H and O–H groups in total. The Morgan fingerprint density at radius 2 is 2.00 bits per heavy atom. The van der Waals surface area contributed by atoms with Crippen LogP contribution < -0.4 is 0 Å². The predicted molar refractivity (Wildman–Crippen MR) is 116 cm³/mol. The van der Waals surface area contributed by atoms with E-state index in [0.29, 0.717) is 36.6 Å². The van der Waals surface area contributed by atoms with Gasteiger partial charge in [0.25, 0.3) is 0 Å². The van der Waals surface area contributed by atoms with E-state index in [1.165, 1.54) is 12.2 Å². The zero-order chi connectivity index (χ0) is 23.5. The van der Waals surface area contributed by atoms with Crippen LogP contribution in [0.4, 0.5) is 8.78 Å². The summed E-state index contributed by atoms with van der Waals surface area (Å²) in [5.41, 5.74) is -5.10. The second-order valence-corrected chi connectivity index (χ2v) is 10.9. The molecule has 0 radical (unpaired) electrons. The number of ketones is 1. The maximum atomic E-state index is 17.1. The molecule has 4 aliphatic carbocycles. The highest BCUT2D eigenvalue weighted by atomic mass is 32.2. The molecule has 0 bridgehead atoms. The van der Waals surface area contributed by atoms with Crippen molar-refractivity contribution in [3.8, 4) is 0 Å². The molecule has 0 aliphatic heterocycles. The third kappa shape index (κ3) is 2.87. The molecule has 4 rings (SSSR count). The van der Waals surface area contributed by atoms with Crippen molar-refractivity contribution in [2.45, 2.75) is 76.7 Å². The zero-order valence-electron chi connectivity index (χ0n) is 18.7. The summed E-state index contributed by atoms with van der Waals surface area (Å²) in [5, 5.41) is 10.8. The zero-order valence-corrected chi connectivity index (χ0v) is 19.5. The van der Waals surface area contributed by atoms with Crippen molar-refractivity contribution < 1.29 is 33.0 Å². The molecule has 0 unspecified atom stereocenters.